The average molecular weight is 273 g/mol. The summed E-state index contributed by atoms with van der Waals surface area (Å²) in [6, 6.07) is 8.84. The fourth-order valence-corrected chi connectivity index (χ4v) is 2.30. The van der Waals surface area contributed by atoms with E-state index < -0.39 is 0 Å². The maximum atomic E-state index is 11.0. The maximum absolute atomic E-state index is 11.0. The van der Waals surface area contributed by atoms with Gasteiger partial charge in [0.2, 0.25) is 5.91 Å². The summed E-state index contributed by atoms with van der Waals surface area (Å²) in [6.07, 6.45) is 6.84. The minimum Gasteiger partial charge on any atom is -0.354 e. The molecule has 1 N–H and O–H groups in total. The number of hydrogen-bond acceptors (Lipinski definition) is 1. The number of hydrogen-bond donors (Lipinski definition) is 1. The Kier molecular flexibility index (Phi) is 7.06. The second kappa shape index (κ2) is 8.57. The first-order valence-electron chi connectivity index (χ1n) is 7.56. The molecule has 1 aromatic rings. The van der Waals surface area contributed by atoms with E-state index in [1.165, 1.54) is 29.5 Å². The van der Waals surface area contributed by atoms with E-state index in [9.17, 15) is 4.79 Å². The molecule has 0 radical (unpaired) electrons. The van der Waals surface area contributed by atoms with Crippen molar-refractivity contribution < 1.29 is 4.79 Å². The third-order valence-corrected chi connectivity index (χ3v) is 3.41. The van der Waals surface area contributed by atoms with Crippen molar-refractivity contribution in [3.8, 4) is 0 Å². The van der Waals surface area contributed by atoms with Gasteiger partial charge in [0, 0.05) is 13.0 Å². The van der Waals surface area contributed by atoms with Crippen LogP contribution < -0.4 is 5.32 Å². The van der Waals surface area contributed by atoms with E-state index in [2.05, 4.69) is 49.5 Å². The molecule has 0 aliphatic carbocycles. The van der Waals surface area contributed by atoms with Crippen LogP contribution in [0.1, 0.15) is 58.1 Å². The third kappa shape index (κ3) is 6.05. The van der Waals surface area contributed by atoms with Crippen LogP contribution in [0.15, 0.2) is 30.3 Å². The van der Waals surface area contributed by atoms with Crippen LogP contribution in [0.5, 0.6) is 0 Å². The quantitative estimate of drug-likeness (QED) is 0.735. The number of carbonyl (C=O) groups excluding carboxylic acids is 1. The molecule has 1 amide bonds. The normalized spacial score (nSPS) is 13.1. The molecule has 0 spiro atoms. The Morgan fingerprint density at radius 2 is 1.90 bits per heavy atom. The number of allylic oxidation sites excluding steroid dienone is 2. The first-order valence-corrected chi connectivity index (χ1v) is 7.56. The molecule has 0 heterocycles. The Hall–Kier alpha value is -1.57. The molecule has 2 nitrogen and oxygen atoms in total. The van der Waals surface area contributed by atoms with Crippen LogP contribution in [0, 0.1) is 0 Å². The van der Waals surface area contributed by atoms with Crippen LogP contribution in [0.4, 0.5) is 0 Å². The Morgan fingerprint density at radius 1 is 1.25 bits per heavy atom. The molecule has 0 saturated carbocycles. The van der Waals surface area contributed by atoms with Crippen LogP contribution >= 0.6 is 0 Å². The molecule has 0 fully saturated rings. The van der Waals surface area contributed by atoms with Crippen LogP contribution in [-0.4, -0.2) is 11.9 Å². The van der Waals surface area contributed by atoms with Crippen molar-refractivity contribution in [2.75, 3.05) is 0 Å². The van der Waals surface area contributed by atoms with E-state index >= 15 is 0 Å². The monoisotopic (exact) mass is 273 g/mol. The smallest absolute Gasteiger partial charge is 0.217 e. The lowest BCUT2D eigenvalue weighted by molar-refractivity contribution is -0.119. The van der Waals surface area contributed by atoms with E-state index in [1.807, 2.05) is 6.92 Å². The minimum absolute atomic E-state index is 0.0313. The van der Waals surface area contributed by atoms with Gasteiger partial charge in [-0.3, -0.25) is 4.79 Å². The average Bonchev–Trinajstić information content (AvgIpc) is 2.38. The molecule has 0 aliphatic heterocycles. The summed E-state index contributed by atoms with van der Waals surface area (Å²) >= 11 is 0. The first-order chi connectivity index (χ1) is 9.52. The van der Waals surface area contributed by atoms with Crippen molar-refractivity contribution in [1.29, 1.82) is 0 Å². The highest BCUT2D eigenvalue weighted by Gasteiger charge is 2.05. The zero-order valence-electron chi connectivity index (χ0n) is 13.2. The largest absolute Gasteiger partial charge is 0.354 e. The SMILES string of the molecule is CCCCC=C(C)c1ccc(C[C@@H](C)NC(C)=O)cc1. The zero-order chi connectivity index (χ0) is 15.0. The lowest BCUT2D eigenvalue weighted by atomic mass is 10.0. The highest BCUT2D eigenvalue weighted by atomic mass is 16.1. The van der Waals surface area contributed by atoms with Gasteiger partial charge in [-0.25, -0.2) is 0 Å². The van der Waals surface area contributed by atoms with Gasteiger partial charge in [0.05, 0.1) is 0 Å². The molecular weight excluding hydrogens is 246 g/mol. The van der Waals surface area contributed by atoms with Gasteiger partial charge >= 0.3 is 0 Å². The van der Waals surface area contributed by atoms with Crippen molar-refractivity contribution in [2.24, 2.45) is 0 Å². The van der Waals surface area contributed by atoms with Crippen LogP contribution in [0.3, 0.4) is 0 Å². The minimum atomic E-state index is 0.0313. The number of carbonyl (C=O) groups is 1. The lowest BCUT2D eigenvalue weighted by Gasteiger charge is -2.12. The summed E-state index contributed by atoms with van der Waals surface area (Å²) in [4.78, 5) is 11.0. The summed E-state index contributed by atoms with van der Waals surface area (Å²) in [5, 5.41) is 2.91. The molecule has 0 unspecified atom stereocenters. The molecule has 1 rings (SSSR count). The summed E-state index contributed by atoms with van der Waals surface area (Å²) in [5.41, 5.74) is 3.90. The van der Waals surface area contributed by atoms with Crippen molar-refractivity contribution >= 4 is 11.5 Å². The van der Waals surface area contributed by atoms with Crippen LogP contribution in [-0.2, 0) is 11.2 Å². The van der Waals surface area contributed by atoms with Gasteiger partial charge in [-0.15, -0.1) is 0 Å². The number of amides is 1. The van der Waals surface area contributed by atoms with Crippen LogP contribution in [0.25, 0.3) is 5.57 Å². The van der Waals surface area contributed by atoms with Gasteiger partial charge in [-0.1, -0.05) is 50.1 Å². The predicted molar refractivity (Wildman–Crippen MR) is 86.6 cm³/mol. The molecule has 0 bridgehead atoms. The Bertz CT molecular complexity index is 445. The standard InChI is InChI=1S/C18H27NO/c1-5-6-7-8-14(2)18-11-9-17(10-12-18)13-15(3)19-16(4)20/h8-12,15H,5-7,13H2,1-4H3,(H,19,20)/t15-/m1/s1. The molecule has 110 valence electrons. The molecule has 0 aromatic heterocycles. The Morgan fingerprint density at radius 3 is 2.45 bits per heavy atom. The van der Waals surface area contributed by atoms with Crippen LogP contribution in [0.2, 0.25) is 0 Å². The van der Waals surface area contributed by atoms with E-state index in [1.54, 1.807) is 6.92 Å². The van der Waals surface area contributed by atoms with E-state index in [-0.39, 0.29) is 11.9 Å². The fraction of sp³-hybridized carbons (Fsp3) is 0.500. The fourth-order valence-electron chi connectivity index (χ4n) is 2.30. The number of rotatable bonds is 7. The molecule has 2 heteroatoms. The molecule has 0 aliphatic rings. The van der Waals surface area contributed by atoms with E-state index in [0.717, 1.165) is 12.8 Å². The molecule has 1 atom stereocenters. The van der Waals surface area contributed by atoms with Crippen molar-refractivity contribution in [2.45, 2.75) is 59.4 Å². The van der Waals surface area contributed by atoms with Gasteiger partial charge < -0.3 is 5.32 Å². The van der Waals surface area contributed by atoms with Gasteiger partial charge in [0.25, 0.3) is 0 Å². The third-order valence-electron chi connectivity index (χ3n) is 3.41. The first kappa shape index (κ1) is 16.5. The summed E-state index contributed by atoms with van der Waals surface area (Å²) < 4.78 is 0. The number of unbranched alkanes of at least 4 members (excludes halogenated alkanes) is 2. The van der Waals surface area contributed by atoms with Gasteiger partial charge in [-0.05, 0) is 43.4 Å². The maximum Gasteiger partial charge on any atom is 0.217 e. The zero-order valence-corrected chi connectivity index (χ0v) is 13.2. The van der Waals surface area contributed by atoms with Crippen molar-refractivity contribution in [1.82, 2.24) is 5.32 Å². The second-order valence-corrected chi connectivity index (χ2v) is 5.53. The Balaban J connectivity index is 2.59. The van der Waals surface area contributed by atoms with E-state index in [0.29, 0.717) is 0 Å². The van der Waals surface area contributed by atoms with Crippen molar-refractivity contribution in [3.63, 3.8) is 0 Å². The summed E-state index contributed by atoms with van der Waals surface area (Å²) in [5.74, 6) is 0.0313. The van der Waals surface area contributed by atoms with Gasteiger partial charge in [0.1, 0.15) is 0 Å². The van der Waals surface area contributed by atoms with Gasteiger partial charge in [-0.2, -0.15) is 0 Å². The van der Waals surface area contributed by atoms with E-state index in [4.69, 9.17) is 0 Å². The highest BCUT2D eigenvalue weighted by molar-refractivity contribution is 5.73. The molecule has 20 heavy (non-hydrogen) atoms. The lowest BCUT2D eigenvalue weighted by Crippen LogP contribution is -2.31. The van der Waals surface area contributed by atoms with Crippen molar-refractivity contribution in [3.05, 3.63) is 41.5 Å². The Labute approximate surface area is 123 Å². The molecule has 0 saturated heterocycles. The molecule has 1 aromatic carbocycles. The summed E-state index contributed by atoms with van der Waals surface area (Å²) in [6.45, 7) is 7.98. The summed E-state index contributed by atoms with van der Waals surface area (Å²) in [7, 11) is 0. The van der Waals surface area contributed by atoms with Gasteiger partial charge in [0.15, 0.2) is 0 Å². The second-order valence-electron chi connectivity index (χ2n) is 5.53. The highest BCUT2D eigenvalue weighted by Crippen LogP contribution is 2.16. The predicted octanol–water partition coefficient (Wildman–Crippen LogP) is 4.35. The number of nitrogens with one attached hydrogen (secondary N) is 1. The topological polar surface area (TPSA) is 29.1 Å². The number of benzene rings is 1. The molecular formula is C18H27NO.